The first-order valence-electron chi connectivity index (χ1n) is 4.51. The van der Waals surface area contributed by atoms with Crippen LogP contribution in [-0.2, 0) is 4.74 Å². The third-order valence-corrected chi connectivity index (χ3v) is 1.92. The number of hydrogen-bond donors (Lipinski definition) is 1. The Labute approximate surface area is 87.7 Å². The maximum Gasteiger partial charge on any atom is 0.339 e. The number of nitrogens with zero attached hydrogens (tertiary/aromatic N) is 1. The first-order chi connectivity index (χ1) is 7.10. The Balaban J connectivity index is 3.28. The molecule has 0 atom stereocenters. The summed E-state index contributed by atoms with van der Waals surface area (Å²) >= 11 is 0. The van der Waals surface area contributed by atoms with Crippen LogP contribution in [0.4, 0.5) is 0 Å². The Bertz CT molecular complexity index is 432. The molecule has 15 heavy (non-hydrogen) atoms. The summed E-state index contributed by atoms with van der Waals surface area (Å²) in [5, 5.41) is 18.1. The summed E-state index contributed by atoms with van der Waals surface area (Å²) in [4.78, 5) is 11.5. The van der Waals surface area contributed by atoms with Gasteiger partial charge in [-0.25, -0.2) is 4.79 Å². The van der Waals surface area contributed by atoms with Crippen LogP contribution < -0.4 is 0 Å². The minimum absolute atomic E-state index is 0.0305. The molecular formula is C11H11NO3. The van der Waals surface area contributed by atoms with Crippen molar-refractivity contribution in [2.75, 3.05) is 6.61 Å². The van der Waals surface area contributed by atoms with Gasteiger partial charge >= 0.3 is 5.97 Å². The van der Waals surface area contributed by atoms with E-state index in [1.54, 1.807) is 13.8 Å². The maximum atomic E-state index is 11.5. The van der Waals surface area contributed by atoms with Crippen molar-refractivity contribution in [3.63, 3.8) is 0 Å². The smallest absolute Gasteiger partial charge is 0.339 e. The van der Waals surface area contributed by atoms with Crippen molar-refractivity contribution in [3.8, 4) is 11.8 Å². The number of benzene rings is 1. The van der Waals surface area contributed by atoms with E-state index >= 15 is 0 Å². The second kappa shape index (κ2) is 4.47. The Kier molecular flexibility index (Phi) is 3.29. The van der Waals surface area contributed by atoms with Gasteiger partial charge in [0.1, 0.15) is 11.8 Å². The number of ether oxygens (including phenoxy) is 1. The largest absolute Gasteiger partial charge is 0.508 e. The zero-order chi connectivity index (χ0) is 11.4. The number of hydrogen-bond acceptors (Lipinski definition) is 4. The topological polar surface area (TPSA) is 70.3 Å². The van der Waals surface area contributed by atoms with Crippen LogP contribution in [0.25, 0.3) is 0 Å². The molecule has 1 rings (SSSR count). The standard InChI is InChI=1S/C11H11NO3/c1-3-15-11(14)10-7(2)4-9(13)5-8(10)6-12/h4-5,13H,3H2,1-2H3. The van der Waals surface area contributed by atoms with E-state index in [2.05, 4.69) is 0 Å². The normalized spacial score (nSPS) is 9.40. The van der Waals surface area contributed by atoms with Gasteiger partial charge in [-0.3, -0.25) is 0 Å². The van der Waals surface area contributed by atoms with E-state index in [9.17, 15) is 9.90 Å². The number of phenols is 1. The molecule has 0 aromatic heterocycles. The van der Waals surface area contributed by atoms with Crippen molar-refractivity contribution in [2.24, 2.45) is 0 Å². The van der Waals surface area contributed by atoms with Gasteiger partial charge in [-0.2, -0.15) is 5.26 Å². The highest BCUT2D eigenvalue weighted by atomic mass is 16.5. The summed E-state index contributed by atoms with van der Waals surface area (Å²) < 4.78 is 4.82. The van der Waals surface area contributed by atoms with Crippen LogP contribution in [0.1, 0.15) is 28.4 Å². The molecule has 0 heterocycles. The number of nitriles is 1. The zero-order valence-electron chi connectivity index (χ0n) is 8.57. The lowest BCUT2D eigenvalue weighted by Gasteiger charge is -2.07. The second-order valence-corrected chi connectivity index (χ2v) is 3.02. The summed E-state index contributed by atoms with van der Waals surface area (Å²) in [6.45, 7) is 3.59. The molecule has 1 aromatic rings. The molecule has 0 aliphatic carbocycles. The first-order valence-corrected chi connectivity index (χ1v) is 4.51. The molecule has 0 saturated heterocycles. The fraction of sp³-hybridized carbons (Fsp3) is 0.273. The molecule has 0 amide bonds. The Morgan fingerprint density at radius 2 is 2.27 bits per heavy atom. The highest BCUT2D eigenvalue weighted by Crippen LogP contribution is 2.21. The molecular weight excluding hydrogens is 194 g/mol. The van der Waals surface area contributed by atoms with E-state index < -0.39 is 5.97 Å². The quantitative estimate of drug-likeness (QED) is 0.746. The van der Waals surface area contributed by atoms with Crippen molar-refractivity contribution in [1.29, 1.82) is 5.26 Å². The maximum absolute atomic E-state index is 11.5. The summed E-state index contributed by atoms with van der Waals surface area (Å²) in [7, 11) is 0. The highest BCUT2D eigenvalue weighted by molar-refractivity contribution is 5.94. The summed E-state index contributed by atoms with van der Waals surface area (Å²) in [6, 6.07) is 4.53. The number of carbonyl (C=O) groups excluding carboxylic acids is 1. The van der Waals surface area contributed by atoms with Crippen molar-refractivity contribution in [3.05, 3.63) is 28.8 Å². The van der Waals surface area contributed by atoms with Crippen molar-refractivity contribution in [2.45, 2.75) is 13.8 Å². The average molecular weight is 205 g/mol. The first kappa shape index (κ1) is 11.1. The molecule has 4 heteroatoms. The molecule has 0 bridgehead atoms. The van der Waals surface area contributed by atoms with E-state index in [1.165, 1.54) is 12.1 Å². The number of rotatable bonds is 2. The van der Waals surface area contributed by atoms with Gasteiger partial charge in [0.25, 0.3) is 0 Å². The van der Waals surface area contributed by atoms with Gasteiger partial charge in [0.05, 0.1) is 17.7 Å². The Hall–Kier alpha value is -2.02. The van der Waals surface area contributed by atoms with E-state index in [-0.39, 0.29) is 23.5 Å². The van der Waals surface area contributed by atoms with Gasteiger partial charge in [0, 0.05) is 0 Å². The number of aromatic hydroxyl groups is 1. The van der Waals surface area contributed by atoms with Crippen LogP contribution in [-0.4, -0.2) is 17.7 Å². The molecule has 0 radical (unpaired) electrons. The van der Waals surface area contributed by atoms with Crippen molar-refractivity contribution >= 4 is 5.97 Å². The highest BCUT2D eigenvalue weighted by Gasteiger charge is 2.16. The Morgan fingerprint density at radius 1 is 1.60 bits per heavy atom. The van der Waals surface area contributed by atoms with Crippen LogP contribution >= 0.6 is 0 Å². The summed E-state index contributed by atoms with van der Waals surface area (Å²) in [5.74, 6) is -0.566. The number of aryl methyl sites for hydroxylation is 1. The van der Waals surface area contributed by atoms with Crippen LogP contribution in [0.2, 0.25) is 0 Å². The minimum Gasteiger partial charge on any atom is -0.508 e. The lowest BCUT2D eigenvalue weighted by Crippen LogP contribution is -2.09. The fourth-order valence-electron chi connectivity index (χ4n) is 1.33. The van der Waals surface area contributed by atoms with Crippen molar-refractivity contribution < 1.29 is 14.6 Å². The lowest BCUT2D eigenvalue weighted by molar-refractivity contribution is 0.0525. The molecule has 0 fully saturated rings. The van der Waals surface area contributed by atoms with E-state index in [0.29, 0.717) is 5.56 Å². The number of esters is 1. The fourth-order valence-corrected chi connectivity index (χ4v) is 1.33. The molecule has 0 aliphatic heterocycles. The van der Waals surface area contributed by atoms with Crippen LogP contribution in [0.5, 0.6) is 5.75 Å². The van der Waals surface area contributed by atoms with Gasteiger partial charge in [0.2, 0.25) is 0 Å². The van der Waals surface area contributed by atoms with Crippen LogP contribution in [0.3, 0.4) is 0 Å². The molecule has 0 saturated carbocycles. The van der Waals surface area contributed by atoms with Gasteiger partial charge in [-0.15, -0.1) is 0 Å². The second-order valence-electron chi connectivity index (χ2n) is 3.02. The SMILES string of the molecule is CCOC(=O)c1c(C)cc(O)cc1C#N. The Morgan fingerprint density at radius 3 is 2.80 bits per heavy atom. The summed E-state index contributed by atoms with van der Waals surface area (Å²) in [6.07, 6.45) is 0. The molecule has 0 aliphatic rings. The molecule has 1 N–H and O–H groups in total. The zero-order valence-corrected chi connectivity index (χ0v) is 8.57. The predicted octanol–water partition coefficient (Wildman–Crippen LogP) is 1.75. The molecule has 4 nitrogen and oxygen atoms in total. The van der Waals surface area contributed by atoms with E-state index in [1.807, 2.05) is 6.07 Å². The third-order valence-electron chi connectivity index (χ3n) is 1.92. The molecule has 0 unspecified atom stereocenters. The number of carbonyl (C=O) groups is 1. The van der Waals surface area contributed by atoms with Gasteiger partial charge < -0.3 is 9.84 Å². The van der Waals surface area contributed by atoms with Gasteiger partial charge in [-0.05, 0) is 31.5 Å². The molecule has 0 spiro atoms. The van der Waals surface area contributed by atoms with Crippen molar-refractivity contribution in [1.82, 2.24) is 0 Å². The molecule has 1 aromatic carbocycles. The number of phenolic OH excluding ortho intramolecular Hbond substituents is 1. The van der Waals surface area contributed by atoms with Gasteiger partial charge in [-0.1, -0.05) is 0 Å². The average Bonchev–Trinajstić information content (AvgIpc) is 2.16. The summed E-state index contributed by atoms with van der Waals surface area (Å²) in [5.41, 5.74) is 0.883. The molecule has 78 valence electrons. The van der Waals surface area contributed by atoms with Crippen LogP contribution in [0, 0.1) is 18.3 Å². The lowest BCUT2D eigenvalue weighted by atomic mass is 10.0. The predicted molar refractivity (Wildman–Crippen MR) is 53.5 cm³/mol. The van der Waals surface area contributed by atoms with Crippen LogP contribution in [0.15, 0.2) is 12.1 Å². The van der Waals surface area contributed by atoms with Gasteiger partial charge in [0.15, 0.2) is 0 Å². The van der Waals surface area contributed by atoms with E-state index in [0.717, 1.165) is 0 Å². The third kappa shape index (κ3) is 2.26. The monoisotopic (exact) mass is 205 g/mol. The minimum atomic E-state index is -0.536. The van der Waals surface area contributed by atoms with E-state index in [4.69, 9.17) is 10.00 Å².